The third kappa shape index (κ3) is 1.87. The van der Waals surface area contributed by atoms with Crippen molar-refractivity contribution in [2.45, 2.75) is 13.3 Å². The van der Waals surface area contributed by atoms with Crippen LogP contribution in [0.5, 0.6) is 0 Å². The van der Waals surface area contributed by atoms with Gasteiger partial charge in [0.25, 0.3) is 0 Å². The molecule has 0 aromatic carbocycles. The second kappa shape index (κ2) is 2.93. The topological polar surface area (TPSA) is 12.0 Å². The summed E-state index contributed by atoms with van der Waals surface area (Å²) in [5.74, 6) is 1.32. The van der Waals surface area contributed by atoms with Crippen molar-refractivity contribution < 1.29 is 0 Å². The van der Waals surface area contributed by atoms with E-state index in [0.717, 1.165) is 0 Å². The number of thioether (sulfide) groups is 1. The fourth-order valence-electron chi connectivity index (χ4n) is 1.08. The molecule has 0 aromatic heterocycles. The predicted molar refractivity (Wildman–Crippen MR) is 44.0 cm³/mol. The Morgan fingerprint density at radius 2 is 2.22 bits per heavy atom. The monoisotopic (exact) mass is 145 g/mol. The molecule has 0 aliphatic carbocycles. The van der Waals surface area contributed by atoms with Gasteiger partial charge in [-0.3, -0.25) is 0 Å². The van der Waals surface area contributed by atoms with E-state index >= 15 is 0 Å². The molecule has 0 spiro atoms. The lowest BCUT2D eigenvalue weighted by Crippen LogP contribution is -2.51. The van der Waals surface area contributed by atoms with Gasteiger partial charge in [0.05, 0.1) is 0 Å². The van der Waals surface area contributed by atoms with Crippen LogP contribution in [-0.2, 0) is 0 Å². The van der Waals surface area contributed by atoms with E-state index in [0.29, 0.717) is 5.41 Å². The Bertz CT molecular complexity index is 88.9. The van der Waals surface area contributed by atoms with Crippen molar-refractivity contribution >= 4 is 11.8 Å². The highest BCUT2D eigenvalue weighted by Gasteiger charge is 2.30. The van der Waals surface area contributed by atoms with Gasteiger partial charge in [0, 0.05) is 13.1 Å². The second-order valence-corrected chi connectivity index (χ2v) is 4.14. The van der Waals surface area contributed by atoms with Crippen LogP contribution in [-0.4, -0.2) is 25.1 Å². The van der Waals surface area contributed by atoms with Crippen LogP contribution in [0.1, 0.15) is 13.3 Å². The Labute approximate surface area is 61.6 Å². The van der Waals surface area contributed by atoms with Crippen LogP contribution in [0.3, 0.4) is 0 Å². The zero-order valence-electron chi connectivity index (χ0n) is 6.24. The maximum Gasteiger partial charge on any atom is 0.00179 e. The van der Waals surface area contributed by atoms with Gasteiger partial charge < -0.3 is 5.32 Å². The molecule has 2 heteroatoms. The zero-order valence-corrected chi connectivity index (χ0v) is 7.05. The van der Waals surface area contributed by atoms with Crippen molar-refractivity contribution in [2.24, 2.45) is 5.41 Å². The molecule has 0 unspecified atom stereocenters. The maximum atomic E-state index is 3.30. The van der Waals surface area contributed by atoms with E-state index in [9.17, 15) is 0 Å². The molecule has 54 valence electrons. The minimum Gasteiger partial charge on any atom is -0.316 e. The van der Waals surface area contributed by atoms with E-state index in [4.69, 9.17) is 0 Å². The smallest absolute Gasteiger partial charge is 0.00179 e. The van der Waals surface area contributed by atoms with Crippen molar-refractivity contribution in [3.05, 3.63) is 0 Å². The molecule has 0 amide bonds. The molecule has 1 aliphatic heterocycles. The largest absolute Gasteiger partial charge is 0.316 e. The first kappa shape index (κ1) is 7.42. The summed E-state index contributed by atoms with van der Waals surface area (Å²) < 4.78 is 0. The van der Waals surface area contributed by atoms with Crippen molar-refractivity contribution in [1.82, 2.24) is 5.32 Å². The van der Waals surface area contributed by atoms with E-state index in [1.807, 2.05) is 11.8 Å². The van der Waals surface area contributed by atoms with Gasteiger partial charge in [-0.05, 0) is 23.8 Å². The Hall–Kier alpha value is 0.310. The number of hydrogen-bond donors (Lipinski definition) is 1. The first-order chi connectivity index (χ1) is 4.27. The molecule has 0 atom stereocenters. The van der Waals surface area contributed by atoms with Crippen molar-refractivity contribution in [3.8, 4) is 0 Å². The first-order valence-corrected chi connectivity index (χ1v) is 4.86. The van der Waals surface area contributed by atoms with Crippen molar-refractivity contribution in [3.63, 3.8) is 0 Å². The summed E-state index contributed by atoms with van der Waals surface area (Å²) in [5.41, 5.74) is 0.642. The summed E-state index contributed by atoms with van der Waals surface area (Å²) >= 11 is 1.95. The molecule has 1 fully saturated rings. The van der Waals surface area contributed by atoms with Crippen LogP contribution in [0.15, 0.2) is 0 Å². The highest BCUT2D eigenvalue weighted by atomic mass is 32.2. The summed E-state index contributed by atoms with van der Waals surface area (Å²) in [7, 11) is 0. The van der Waals surface area contributed by atoms with Gasteiger partial charge in [-0.25, -0.2) is 0 Å². The number of hydrogen-bond acceptors (Lipinski definition) is 2. The first-order valence-electron chi connectivity index (χ1n) is 3.46. The Morgan fingerprint density at radius 1 is 1.56 bits per heavy atom. The molecule has 1 heterocycles. The molecule has 0 saturated carbocycles. The average Bonchev–Trinajstić information content (AvgIpc) is 1.79. The van der Waals surface area contributed by atoms with Crippen LogP contribution in [0.25, 0.3) is 0 Å². The van der Waals surface area contributed by atoms with Crippen LogP contribution >= 0.6 is 11.8 Å². The third-order valence-corrected chi connectivity index (χ3v) is 2.63. The summed E-state index contributed by atoms with van der Waals surface area (Å²) in [4.78, 5) is 0. The molecule has 0 bridgehead atoms. The third-order valence-electron chi connectivity index (χ3n) is 2.01. The molecule has 1 saturated heterocycles. The van der Waals surface area contributed by atoms with E-state index in [2.05, 4.69) is 18.5 Å². The minimum absolute atomic E-state index is 0.642. The summed E-state index contributed by atoms with van der Waals surface area (Å²) in [5, 5.41) is 3.30. The Balaban J connectivity index is 2.09. The maximum absolute atomic E-state index is 3.30. The lowest BCUT2D eigenvalue weighted by atomic mass is 9.82. The van der Waals surface area contributed by atoms with Gasteiger partial charge >= 0.3 is 0 Å². The standard InChI is InChI=1S/C7H15NS/c1-7(3-4-9-2)5-8-6-7/h8H,3-6H2,1-2H3. The predicted octanol–water partition coefficient (Wildman–Crippen LogP) is 1.35. The summed E-state index contributed by atoms with van der Waals surface area (Å²) in [6.07, 6.45) is 3.55. The van der Waals surface area contributed by atoms with Crippen molar-refractivity contribution in [2.75, 3.05) is 25.1 Å². The van der Waals surface area contributed by atoms with Gasteiger partial charge in [-0.2, -0.15) is 11.8 Å². The Morgan fingerprint density at radius 3 is 2.56 bits per heavy atom. The van der Waals surface area contributed by atoms with Crippen LogP contribution in [0, 0.1) is 5.41 Å². The van der Waals surface area contributed by atoms with Gasteiger partial charge in [-0.1, -0.05) is 6.92 Å². The van der Waals surface area contributed by atoms with Crippen LogP contribution < -0.4 is 5.32 Å². The fraction of sp³-hybridized carbons (Fsp3) is 1.00. The van der Waals surface area contributed by atoms with Gasteiger partial charge in [-0.15, -0.1) is 0 Å². The zero-order chi connectivity index (χ0) is 6.74. The molecule has 1 rings (SSSR count). The van der Waals surface area contributed by atoms with E-state index in [1.54, 1.807) is 0 Å². The molecule has 1 nitrogen and oxygen atoms in total. The van der Waals surface area contributed by atoms with Gasteiger partial charge in [0.1, 0.15) is 0 Å². The molecule has 1 aliphatic rings. The fourth-order valence-corrected chi connectivity index (χ4v) is 1.77. The second-order valence-electron chi connectivity index (χ2n) is 3.16. The molecular formula is C7H15NS. The SMILES string of the molecule is CSCCC1(C)CNC1. The lowest BCUT2D eigenvalue weighted by Gasteiger charge is -2.39. The summed E-state index contributed by atoms with van der Waals surface area (Å²) in [6, 6.07) is 0. The normalized spacial score (nSPS) is 23.3. The highest BCUT2D eigenvalue weighted by molar-refractivity contribution is 7.98. The van der Waals surface area contributed by atoms with Gasteiger partial charge in [0.15, 0.2) is 0 Å². The quantitative estimate of drug-likeness (QED) is 0.643. The molecule has 9 heavy (non-hydrogen) atoms. The number of nitrogens with one attached hydrogen (secondary N) is 1. The molecular weight excluding hydrogens is 130 g/mol. The molecule has 0 radical (unpaired) electrons. The average molecular weight is 145 g/mol. The Kier molecular flexibility index (Phi) is 2.42. The summed E-state index contributed by atoms with van der Waals surface area (Å²) in [6.45, 7) is 4.82. The minimum atomic E-state index is 0.642. The van der Waals surface area contributed by atoms with Crippen molar-refractivity contribution in [1.29, 1.82) is 0 Å². The molecule has 0 aromatic rings. The van der Waals surface area contributed by atoms with Crippen LogP contribution in [0.2, 0.25) is 0 Å². The highest BCUT2D eigenvalue weighted by Crippen LogP contribution is 2.26. The van der Waals surface area contributed by atoms with Gasteiger partial charge in [0.2, 0.25) is 0 Å². The van der Waals surface area contributed by atoms with E-state index in [1.165, 1.54) is 25.3 Å². The molecule has 1 N–H and O–H groups in total. The lowest BCUT2D eigenvalue weighted by molar-refractivity contribution is 0.191. The van der Waals surface area contributed by atoms with E-state index in [-0.39, 0.29) is 0 Å². The van der Waals surface area contributed by atoms with Crippen LogP contribution in [0.4, 0.5) is 0 Å². The van der Waals surface area contributed by atoms with E-state index < -0.39 is 0 Å². The number of rotatable bonds is 3.